The molecule has 122 valence electrons. The fourth-order valence-electron chi connectivity index (χ4n) is 2.03. The first kappa shape index (κ1) is 18.7. The minimum Gasteiger partial charge on any atom is -0.396 e. The fourth-order valence-corrected chi connectivity index (χ4v) is 2.37. The molecule has 0 spiro atoms. The predicted molar refractivity (Wildman–Crippen MR) is 88.2 cm³/mol. The van der Waals surface area contributed by atoms with E-state index in [9.17, 15) is 9.59 Å². The molecule has 7 heteroatoms. The van der Waals surface area contributed by atoms with E-state index in [1.807, 2.05) is 6.92 Å². The molecule has 0 aliphatic rings. The highest BCUT2D eigenvalue weighted by Gasteiger charge is 2.17. The summed E-state index contributed by atoms with van der Waals surface area (Å²) >= 11 is 11.7. The van der Waals surface area contributed by atoms with Crippen molar-refractivity contribution in [3.63, 3.8) is 0 Å². The smallest absolute Gasteiger partial charge is 0.313 e. The Bertz CT molecular complexity index is 518. The molecule has 0 saturated heterocycles. The van der Waals surface area contributed by atoms with Crippen molar-refractivity contribution in [3.05, 3.63) is 28.2 Å². The number of hydrogen-bond acceptors (Lipinski definition) is 3. The molecule has 0 radical (unpaired) electrons. The number of aliphatic hydroxyl groups is 1. The highest BCUT2D eigenvalue weighted by molar-refractivity contribution is 6.42. The predicted octanol–water partition coefficient (Wildman–Crippen LogP) is 2.85. The Morgan fingerprint density at radius 1 is 1.23 bits per heavy atom. The van der Waals surface area contributed by atoms with Gasteiger partial charge in [-0.1, -0.05) is 36.5 Å². The number of benzene rings is 1. The zero-order chi connectivity index (χ0) is 16.5. The van der Waals surface area contributed by atoms with E-state index in [4.69, 9.17) is 28.3 Å². The molecule has 1 rings (SSSR count). The van der Waals surface area contributed by atoms with Gasteiger partial charge in [0.05, 0.1) is 10.7 Å². The molecule has 0 saturated carbocycles. The molecule has 5 nitrogen and oxygen atoms in total. The lowest BCUT2D eigenvalue weighted by atomic mass is 10.0. The molecule has 0 bridgehead atoms. The Hall–Kier alpha value is -1.30. The molecule has 22 heavy (non-hydrogen) atoms. The van der Waals surface area contributed by atoms with E-state index in [2.05, 4.69) is 10.6 Å². The molecule has 1 atom stereocenters. The van der Waals surface area contributed by atoms with Gasteiger partial charge >= 0.3 is 11.8 Å². The standard InChI is InChI=1S/C15H20Cl2N2O3/c1-2-3-10(6-7-20)9-18-14(21)15(22)19-13-8-11(16)4-5-12(13)17/h4-5,8,10,20H,2-3,6-7,9H2,1H3,(H,18,21)(H,19,22). The number of carbonyl (C=O) groups is 2. The first-order valence-corrected chi connectivity index (χ1v) is 7.88. The molecule has 2 amide bonds. The van der Waals surface area contributed by atoms with Crippen molar-refractivity contribution in [1.82, 2.24) is 5.32 Å². The molecule has 0 aliphatic carbocycles. The van der Waals surface area contributed by atoms with Crippen LogP contribution in [-0.4, -0.2) is 30.1 Å². The highest BCUT2D eigenvalue weighted by atomic mass is 35.5. The quantitative estimate of drug-likeness (QED) is 0.664. The lowest BCUT2D eigenvalue weighted by molar-refractivity contribution is -0.136. The number of rotatable bonds is 7. The average molecular weight is 347 g/mol. The number of carbonyl (C=O) groups excluding carboxylic acids is 2. The number of halogens is 2. The number of amides is 2. The molecule has 0 fully saturated rings. The van der Waals surface area contributed by atoms with Gasteiger partial charge in [0.15, 0.2) is 0 Å². The summed E-state index contributed by atoms with van der Waals surface area (Å²) in [6.07, 6.45) is 2.42. The summed E-state index contributed by atoms with van der Waals surface area (Å²) in [5, 5.41) is 14.7. The van der Waals surface area contributed by atoms with Gasteiger partial charge in [-0.25, -0.2) is 0 Å². The van der Waals surface area contributed by atoms with Gasteiger partial charge in [0.1, 0.15) is 0 Å². The van der Waals surface area contributed by atoms with Crippen molar-refractivity contribution >= 4 is 40.7 Å². The maximum atomic E-state index is 11.8. The Labute approximate surface area is 140 Å². The third kappa shape index (κ3) is 6.22. The molecular formula is C15H20Cl2N2O3. The van der Waals surface area contributed by atoms with Crippen LogP contribution in [0, 0.1) is 5.92 Å². The van der Waals surface area contributed by atoms with Gasteiger partial charge < -0.3 is 15.7 Å². The van der Waals surface area contributed by atoms with Crippen LogP contribution in [0.3, 0.4) is 0 Å². The van der Waals surface area contributed by atoms with Crippen molar-refractivity contribution in [2.75, 3.05) is 18.5 Å². The number of anilines is 1. The second-order valence-corrected chi connectivity index (χ2v) is 5.80. The van der Waals surface area contributed by atoms with Gasteiger partial charge in [0.2, 0.25) is 0 Å². The van der Waals surface area contributed by atoms with Gasteiger partial charge in [-0.3, -0.25) is 9.59 Å². The molecule has 0 aromatic heterocycles. The SMILES string of the molecule is CCCC(CCO)CNC(=O)C(=O)Nc1cc(Cl)ccc1Cl. The summed E-state index contributed by atoms with van der Waals surface area (Å²) in [5.74, 6) is -1.39. The first-order valence-electron chi connectivity index (χ1n) is 7.13. The van der Waals surface area contributed by atoms with Crippen LogP contribution in [-0.2, 0) is 9.59 Å². The summed E-state index contributed by atoms with van der Waals surface area (Å²) in [5.41, 5.74) is 0.287. The number of hydrogen-bond donors (Lipinski definition) is 3. The Morgan fingerprint density at radius 2 is 1.95 bits per heavy atom. The zero-order valence-electron chi connectivity index (χ0n) is 12.4. The van der Waals surface area contributed by atoms with E-state index in [1.165, 1.54) is 12.1 Å². The Kier molecular flexibility index (Phi) is 8.24. The first-order chi connectivity index (χ1) is 10.5. The lowest BCUT2D eigenvalue weighted by Gasteiger charge is -2.15. The molecule has 0 heterocycles. The zero-order valence-corrected chi connectivity index (χ0v) is 13.9. The van der Waals surface area contributed by atoms with E-state index in [0.717, 1.165) is 12.8 Å². The minimum absolute atomic E-state index is 0.0604. The van der Waals surface area contributed by atoms with Gasteiger partial charge in [-0.05, 0) is 37.0 Å². The van der Waals surface area contributed by atoms with Crippen molar-refractivity contribution in [2.24, 2.45) is 5.92 Å². The van der Waals surface area contributed by atoms with Crippen LogP contribution in [0.2, 0.25) is 10.0 Å². The van der Waals surface area contributed by atoms with E-state index in [1.54, 1.807) is 6.07 Å². The van der Waals surface area contributed by atoms with E-state index in [-0.39, 0.29) is 18.2 Å². The van der Waals surface area contributed by atoms with Gasteiger partial charge in [0, 0.05) is 18.2 Å². The minimum atomic E-state index is -0.802. The van der Waals surface area contributed by atoms with Gasteiger partial charge in [0.25, 0.3) is 0 Å². The second kappa shape index (κ2) is 9.66. The van der Waals surface area contributed by atoms with Gasteiger partial charge in [-0.2, -0.15) is 0 Å². The molecule has 1 aromatic rings. The number of aliphatic hydroxyl groups excluding tert-OH is 1. The second-order valence-electron chi connectivity index (χ2n) is 4.96. The molecule has 0 aliphatic heterocycles. The van der Waals surface area contributed by atoms with E-state index < -0.39 is 11.8 Å². The Morgan fingerprint density at radius 3 is 2.59 bits per heavy atom. The van der Waals surface area contributed by atoms with Crippen LogP contribution in [0.15, 0.2) is 18.2 Å². The van der Waals surface area contributed by atoms with Crippen LogP contribution in [0.1, 0.15) is 26.2 Å². The molecular weight excluding hydrogens is 327 g/mol. The van der Waals surface area contributed by atoms with Crippen LogP contribution in [0.4, 0.5) is 5.69 Å². The molecule has 3 N–H and O–H groups in total. The normalized spacial score (nSPS) is 11.8. The topological polar surface area (TPSA) is 78.4 Å². The summed E-state index contributed by atoms with van der Waals surface area (Å²) < 4.78 is 0. The van der Waals surface area contributed by atoms with Crippen LogP contribution in [0.5, 0.6) is 0 Å². The largest absolute Gasteiger partial charge is 0.396 e. The fraction of sp³-hybridized carbons (Fsp3) is 0.467. The van der Waals surface area contributed by atoms with Crippen molar-refractivity contribution in [3.8, 4) is 0 Å². The van der Waals surface area contributed by atoms with Gasteiger partial charge in [-0.15, -0.1) is 0 Å². The third-order valence-electron chi connectivity index (χ3n) is 3.17. The lowest BCUT2D eigenvalue weighted by Crippen LogP contribution is -2.38. The highest BCUT2D eigenvalue weighted by Crippen LogP contribution is 2.25. The Balaban J connectivity index is 2.54. The monoisotopic (exact) mass is 346 g/mol. The van der Waals surface area contributed by atoms with Crippen LogP contribution in [0.25, 0.3) is 0 Å². The third-order valence-corrected chi connectivity index (χ3v) is 3.73. The van der Waals surface area contributed by atoms with E-state index >= 15 is 0 Å². The van der Waals surface area contributed by atoms with E-state index in [0.29, 0.717) is 23.0 Å². The van der Waals surface area contributed by atoms with Crippen molar-refractivity contribution in [1.29, 1.82) is 0 Å². The van der Waals surface area contributed by atoms with Crippen molar-refractivity contribution in [2.45, 2.75) is 26.2 Å². The summed E-state index contributed by atoms with van der Waals surface area (Å²) in [6.45, 7) is 2.44. The average Bonchev–Trinajstić information content (AvgIpc) is 2.48. The summed E-state index contributed by atoms with van der Waals surface area (Å²) in [7, 11) is 0. The molecule has 1 unspecified atom stereocenters. The molecule has 1 aromatic carbocycles. The number of nitrogens with one attached hydrogen (secondary N) is 2. The maximum Gasteiger partial charge on any atom is 0.313 e. The summed E-state index contributed by atoms with van der Waals surface area (Å²) in [6, 6.07) is 4.60. The van der Waals surface area contributed by atoms with Crippen molar-refractivity contribution < 1.29 is 14.7 Å². The summed E-state index contributed by atoms with van der Waals surface area (Å²) in [4.78, 5) is 23.6. The van der Waals surface area contributed by atoms with Crippen LogP contribution >= 0.6 is 23.2 Å². The van der Waals surface area contributed by atoms with Crippen LogP contribution < -0.4 is 10.6 Å². The maximum absolute atomic E-state index is 11.8.